The van der Waals surface area contributed by atoms with Crippen LogP contribution in [0.4, 0.5) is 19.0 Å². The standard InChI is InChI=1S/C20H16F3N3O3/c1-26-11-14(13-4-2-3-5-15(13)20(21,22)23)18(25-26)24-19(27)12-6-7-16-17(10-12)29-9-8-28-16/h2-7,10-11H,8-9H2,1H3,(H,24,25,27). The number of hydrogen-bond donors (Lipinski definition) is 1. The van der Waals surface area contributed by atoms with Gasteiger partial charge < -0.3 is 14.8 Å². The monoisotopic (exact) mass is 403 g/mol. The lowest BCUT2D eigenvalue weighted by Gasteiger charge is -2.18. The molecular formula is C20H16F3N3O3. The molecule has 2 aromatic carbocycles. The number of anilines is 1. The van der Waals surface area contributed by atoms with Crippen LogP contribution >= 0.6 is 0 Å². The molecule has 0 unspecified atom stereocenters. The lowest BCUT2D eigenvalue weighted by Crippen LogP contribution is -2.17. The second-order valence-electron chi connectivity index (χ2n) is 6.42. The number of halogens is 3. The maximum atomic E-state index is 13.4. The maximum absolute atomic E-state index is 13.4. The summed E-state index contributed by atoms with van der Waals surface area (Å²) in [5.74, 6) is 0.480. The molecule has 1 aliphatic rings. The number of aromatic nitrogens is 2. The molecule has 0 fully saturated rings. The van der Waals surface area contributed by atoms with Gasteiger partial charge in [0.15, 0.2) is 17.3 Å². The first-order valence-corrected chi connectivity index (χ1v) is 8.74. The number of fused-ring (bicyclic) bond motifs is 1. The number of nitrogens with zero attached hydrogens (tertiary/aromatic N) is 2. The summed E-state index contributed by atoms with van der Waals surface area (Å²) in [6, 6.07) is 9.85. The molecule has 3 aromatic rings. The molecule has 9 heteroatoms. The topological polar surface area (TPSA) is 65.4 Å². The summed E-state index contributed by atoms with van der Waals surface area (Å²) < 4.78 is 52.5. The number of carbonyl (C=O) groups is 1. The van der Waals surface area contributed by atoms with E-state index in [0.29, 0.717) is 24.7 Å². The van der Waals surface area contributed by atoms with Gasteiger partial charge >= 0.3 is 6.18 Å². The summed E-state index contributed by atoms with van der Waals surface area (Å²) in [5, 5.41) is 6.72. The maximum Gasteiger partial charge on any atom is 0.417 e. The van der Waals surface area contributed by atoms with Crippen LogP contribution in [0.25, 0.3) is 11.1 Å². The van der Waals surface area contributed by atoms with Crippen LogP contribution in [0.1, 0.15) is 15.9 Å². The predicted octanol–water partition coefficient (Wildman–Crippen LogP) is 4.13. The summed E-state index contributed by atoms with van der Waals surface area (Å²) in [5.41, 5.74) is -0.422. The normalized spacial score (nSPS) is 13.2. The predicted molar refractivity (Wildman–Crippen MR) is 99.0 cm³/mol. The van der Waals surface area contributed by atoms with Gasteiger partial charge in [-0.15, -0.1) is 0 Å². The fourth-order valence-electron chi connectivity index (χ4n) is 3.11. The fraction of sp³-hybridized carbons (Fsp3) is 0.200. The Balaban J connectivity index is 1.67. The molecule has 150 valence electrons. The van der Waals surface area contributed by atoms with Gasteiger partial charge in [0.1, 0.15) is 13.2 Å². The van der Waals surface area contributed by atoms with Crippen LogP contribution in [0.3, 0.4) is 0 Å². The Morgan fingerprint density at radius 2 is 1.79 bits per heavy atom. The zero-order chi connectivity index (χ0) is 20.6. The van der Waals surface area contributed by atoms with Gasteiger partial charge in [0, 0.05) is 24.4 Å². The minimum absolute atomic E-state index is 0.0316. The molecule has 4 rings (SSSR count). The molecule has 1 amide bonds. The van der Waals surface area contributed by atoms with Gasteiger partial charge in [-0.05, 0) is 29.8 Å². The van der Waals surface area contributed by atoms with E-state index in [4.69, 9.17) is 9.47 Å². The summed E-state index contributed by atoms with van der Waals surface area (Å²) in [4.78, 5) is 12.7. The van der Waals surface area contributed by atoms with Crippen LogP contribution < -0.4 is 14.8 Å². The second kappa shape index (κ2) is 7.16. The number of benzene rings is 2. The molecule has 0 spiro atoms. The molecule has 0 aliphatic carbocycles. The molecule has 29 heavy (non-hydrogen) atoms. The molecule has 0 radical (unpaired) electrons. The Bertz CT molecular complexity index is 1080. The van der Waals surface area contributed by atoms with Crippen molar-refractivity contribution in [1.29, 1.82) is 0 Å². The van der Waals surface area contributed by atoms with Crippen molar-refractivity contribution in [3.8, 4) is 22.6 Å². The van der Waals surface area contributed by atoms with E-state index in [9.17, 15) is 18.0 Å². The van der Waals surface area contributed by atoms with E-state index in [1.54, 1.807) is 19.2 Å². The van der Waals surface area contributed by atoms with Gasteiger partial charge in [0.2, 0.25) is 0 Å². The van der Waals surface area contributed by atoms with Gasteiger partial charge in [-0.1, -0.05) is 18.2 Å². The van der Waals surface area contributed by atoms with Gasteiger partial charge in [-0.2, -0.15) is 18.3 Å². The number of rotatable bonds is 3. The molecule has 2 heterocycles. The number of carbonyl (C=O) groups excluding carboxylic acids is 1. The molecule has 0 bridgehead atoms. The second-order valence-corrected chi connectivity index (χ2v) is 6.42. The van der Waals surface area contributed by atoms with Crippen LogP contribution in [-0.4, -0.2) is 28.9 Å². The van der Waals surface area contributed by atoms with Crippen molar-refractivity contribution in [2.45, 2.75) is 6.18 Å². The molecular weight excluding hydrogens is 387 g/mol. The number of nitrogens with one attached hydrogen (secondary N) is 1. The lowest BCUT2D eigenvalue weighted by molar-refractivity contribution is -0.137. The minimum Gasteiger partial charge on any atom is -0.486 e. The number of ether oxygens (including phenoxy) is 2. The first-order chi connectivity index (χ1) is 13.8. The Labute approximate surface area is 163 Å². The van der Waals surface area contributed by atoms with Gasteiger partial charge in [0.05, 0.1) is 5.56 Å². The van der Waals surface area contributed by atoms with Crippen molar-refractivity contribution in [2.75, 3.05) is 18.5 Å². The number of aryl methyl sites for hydroxylation is 1. The average molecular weight is 403 g/mol. The average Bonchev–Trinajstić information content (AvgIpc) is 3.07. The minimum atomic E-state index is -4.54. The van der Waals surface area contributed by atoms with Crippen molar-refractivity contribution >= 4 is 11.7 Å². The van der Waals surface area contributed by atoms with E-state index in [1.165, 1.54) is 35.1 Å². The van der Waals surface area contributed by atoms with E-state index >= 15 is 0 Å². The van der Waals surface area contributed by atoms with Crippen LogP contribution in [0.15, 0.2) is 48.7 Å². The van der Waals surface area contributed by atoms with Gasteiger partial charge in [-0.3, -0.25) is 9.48 Å². The first kappa shape index (κ1) is 18.9. The molecule has 6 nitrogen and oxygen atoms in total. The van der Waals surface area contributed by atoms with Crippen LogP contribution in [0.5, 0.6) is 11.5 Å². The Kier molecular flexibility index (Phi) is 4.65. The molecule has 1 aliphatic heterocycles. The van der Waals surface area contributed by atoms with Crippen molar-refractivity contribution in [1.82, 2.24) is 9.78 Å². The van der Waals surface area contributed by atoms with Crippen LogP contribution in [0, 0.1) is 0 Å². The summed E-state index contributed by atoms with van der Waals surface area (Å²) in [7, 11) is 1.57. The molecule has 0 saturated heterocycles. The third-order valence-corrected chi connectivity index (χ3v) is 4.39. The first-order valence-electron chi connectivity index (χ1n) is 8.74. The van der Waals surface area contributed by atoms with Crippen LogP contribution in [-0.2, 0) is 13.2 Å². The number of hydrogen-bond acceptors (Lipinski definition) is 4. The highest BCUT2D eigenvalue weighted by atomic mass is 19.4. The van der Waals surface area contributed by atoms with Crippen molar-refractivity contribution in [2.24, 2.45) is 7.05 Å². The molecule has 0 saturated carbocycles. The quantitative estimate of drug-likeness (QED) is 0.714. The SMILES string of the molecule is Cn1cc(-c2ccccc2C(F)(F)F)c(NC(=O)c2ccc3c(c2)OCCO3)n1. The Morgan fingerprint density at radius 3 is 2.55 bits per heavy atom. The lowest BCUT2D eigenvalue weighted by atomic mass is 10.0. The highest BCUT2D eigenvalue weighted by Crippen LogP contribution is 2.39. The third kappa shape index (κ3) is 3.75. The van der Waals surface area contributed by atoms with E-state index in [1.807, 2.05) is 0 Å². The van der Waals surface area contributed by atoms with E-state index < -0.39 is 17.6 Å². The highest BCUT2D eigenvalue weighted by Gasteiger charge is 2.34. The fourth-order valence-corrected chi connectivity index (χ4v) is 3.11. The summed E-state index contributed by atoms with van der Waals surface area (Å²) >= 11 is 0. The summed E-state index contributed by atoms with van der Waals surface area (Å²) in [6.07, 6.45) is -3.10. The van der Waals surface area contributed by atoms with Crippen molar-refractivity contribution in [3.63, 3.8) is 0 Å². The largest absolute Gasteiger partial charge is 0.486 e. The Morgan fingerprint density at radius 1 is 1.07 bits per heavy atom. The van der Waals surface area contributed by atoms with E-state index in [-0.39, 0.29) is 22.5 Å². The van der Waals surface area contributed by atoms with Crippen molar-refractivity contribution in [3.05, 3.63) is 59.8 Å². The van der Waals surface area contributed by atoms with E-state index in [2.05, 4.69) is 10.4 Å². The van der Waals surface area contributed by atoms with Gasteiger partial charge in [0.25, 0.3) is 5.91 Å². The summed E-state index contributed by atoms with van der Waals surface area (Å²) in [6.45, 7) is 0.797. The van der Waals surface area contributed by atoms with E-state index in [0.717, 1.165) is 6.07 Å². The molecule has 1 N–H and O–H groups in total. The molecule has 1 aromatic heterocycles. The zero-order valence-electron chi connectivity index (χ0n) is 15.3. The molecule has 0 atom stereocenters. The zero-order valence-corrected chi connectivity index (χ0v) is 15.3. The smallest absolute Gasteiger partial charge is 0.417 e. The van der Waals surface area contributed by atoms with Crippen LogP contribution in [0.2, 0.25) is 0 Å². The Hall–Kier alpha value is -3.49. The van der Waals surface area contributed by atoms with Gasteiger partial charge in [-0.25, -0.2) is 0 Å². The number of amides is 1. The highest BCUT2D eigenvalue weighted by molar-refractivity contribution is 6.06. The number of alkyl halides is 3. The van der Waals surface area contributed by atoms with Crippen molar-refractivity contribution < 1.29 is 27.4 Å². The third-order valence-electron chi connectivity index (χ3n) is 4.39.